The monoisotopic (exact) mass is 357 g/mol. The van der Waals surface area contributed by atoms with Gasteiger partial charge in [-0.15, -0.1) is 0 Å². The fourth-order valence-corrected chi connectivity index (χ4v) is 3.31. The molecule has 0 aliphatic carbocycles. The van der Waals surface area contributed by atoms with Crippen LogP contribution in [0.1, 0.15) is 24.4 Å². The van der Waals surface area contributed by atoms with Crippen LogP contribution < -0.4 is 4.74 Å². The van der Waals surface area contributed by atoms with Crippen LogP contribution in [-0.4, -0.2) is 54.0 Å². The second-order valence-electron chi connectivity index (χ2n) is 6.75. The van der Waals surface area contributed by atoms with E-state index in [1.807, 2.05) is 36.0 Å². The molecule has 26 heavy (non-hydrogen) atoms. The van der Waals surface area contributed by atoms with Crippen LogP contribution in [0.4, 0.5) is 4.39 Å². The molecule has 0 unspecified atom stereocenters. The summed E-state index contributed by atoms with van der Waals surface area (Å²) < 4.78 is 19.5. The van der Waals surface area contributed by atoms with Gasteiger partial charge in [0.2, 0.25) is 5.91 Å². The van der Waals surface area contributed by atoms with Gasteiger partial charge < -0.3 is 9.64 Å². The fourth-order valence-electron chi connectivity index (χ4n) is 3.31. The van der Waals surface area contributed by atoms with Crippen molar-refractivity contribution < 1.29 is 13.9 Å². The van der Waals surface area contributed by atoms with Gasteiger partial charge in [0.15, 0.2) is 0 Å². The van der Waals surface area contributed by atoms with Gasteiger partial charge in [-0.3, -0.25) is 14.7 Å². The zero-order valence-corrected chi connectivity index (χ0v) is 15.1. The Balaban J connectivity index is 1.63. The van der Waals surface area contributed by atoms with Crippen molar-refractivity contribution in [2.24, 2.45) is 0 Å². The number of amides is 1. The summed E-state index contributed by atoms with van der Waals surface area (Å²) >= 11 is 0. The van der Waals surface area contributed by atoms with E-state index >= 15 is 0 Å². The number of rotatable bonds is 5. The lowest BCUT2D eigenvalue weighted by Crippen LogP contribution is -2.46. The van der Waals surface area contributed by atoms with Gasteiger partial charge in [0.25, 0.3) is 0 Å². The summed E-state index contributed by atoms with van der Waals surface area (Å²) in [6.45, 7) is 1.27. The lowest BCUT2D eigenvalue weighted by atomic mass is 10.0. The number of likely N-dealkylation sites (N-methyl/N-ethyl adjacent to an activating group) is 1. The second-order valence-corrected chi connectivity index (χ2v) is 6.75. The van der Waals surface area contributed by atoms with Gasteiger partial charge in [-0.2, -0.15) is 0 Å². The Morgan fingerprint density at radius 2 is 1.92 bits per heavy atom. The quantitative estimate of drug-likeness (QED) is 0.825. The number of piperidine rings is 1. The number of carbonyl (C=O) groups is 1. The van der Waals surface area contributed by atoms with Crippen molar-refractivity contribution in [1.82, 2.24) is 14.8 Å². The van der Waals surface area contributed by atoms with E-state index in [0.717, 1.165) is 18.6 Å². The van der Waals surface area contributed by atoms with Crippen molar-refractivity contribution in [3.63, 3.8) is 0 Å². The number of aromatic nitrogens is 1. The lowest BCUT2D eigenvalue weighted by molar-refractivity contribution is -0.138. The molecule has 1 amide bonds. The number of hydrogen-bond donors (Lipinski definition) is 0. The van der Waals surface area contributed by atoms with Gasteiger partial charge in [0.1, 0.15) is 23.7 Å². The molecule has 138 valence electrons. The first-order valence-corrected chi connectivity index (χ1v) is 8.82. The molecule has 1 aliphatic heterocycles. The molecule has 1 aliphatic rings. The predicted octanol–water partition coefficient (Wildman–Crippen LogP) is 2.89. The van der Waals surface area contributed by atoms with Crippen LogP contribution in [0, 0.1) is 5.82 Å². The summed E-state index contributed by atoms with van der Waals surface area (Å²) in [4.78, 5) is 20.7. The predicted molar refractivity (Wildman–Crippen MR) is 97.3 cm³/mol. The van der Waals surface area contributed by atoms with Crippen molar-refractivity contribution in [3.05, 3.63) is 60.2 Å². The van der Waals surface area contributed by atoms with E-state index < -0.39 is 6.04 Å². The molecule has 0 spiro atoms. The molecule has 0 radical (unpaired) electrons. The Hall–Kier alpha value is -2.47. The van der Waals surface area contributed by atoms with Gasteiger partial charge >= 0.3 is 0 Å². The summed E-state index contributed by atoms with van der Waals surface area (Å²) in [5.74, 6) is 0.477. The van der Waals surface area contributed by atoms with Crippen LogP contribution in [0.2, 0.25) is 0 Å². The largest absolute Gasteiger partial charge is 0.490 e. The summed E-state index contributed by atoms with van der Waals surface area (Å²) in [6.07, 6.45) is 5.05. The third-order valence-electron chi connectivity index (χ3n) is 4.62. The van der Waals surface area contributed by atoms with E-state index in [1.54, 1.807) is 24.5 Å². The van der Waals surface area contributed by atoms with Gasteiger partial charge in [-0.05, 0) is 43.9 Å². The number of halogens is 1. The van der Waals surface area contributed by atoms with Crippen LogP contribution in [0.5, 0.6) is 5.75 Å². The zero-order valence-electron chi connectivity index (χ0n) is 15.1. The van der Waals surface area contributed by atoms with Gasteiger partial charge in [0.05, 0.1) is 0 Å². The first-order chi connectivity index (χ1) is 12.5. The number of nitrogens with zero attached hydrogens (tertiary/aromatic N) is 3. The molecule has 6 heteroatoms. The Bertz CT molecular complexity index is 731. The molecule has 2 aromatic rings. The third-order valence-corrected chi connectivity index (χ3v) is 4.62. The number of benzene rings is 1. The standard InChI is InChI=1S/C20H24FN3O2/c1-23(2)19(15-4-3-5-16(21)14-15)20(25)24-12-8-18(9-13-24)26-17-6-10-22-11-7-17/h3-7,10-11,14,18-19H,8-9,12-13H2,1-2H3/t19-/m1/s1. The number of likely N-dealkylation sites (tertiary alicyclic amines) is 1. The summed E-state index contributed by atoms with van der Waals surface area (Å²) in [6, 6.07) is 9.45. The minimum Gasteiger partial charge on any atom is -0.490 e. The zero-order chi connectivity index (χ0) is 18.5. The normalized spacial score (nSPS) is 16.5. The minimum atomic E-state index is -0.483. The van der Waals surface area contributed by atoms with Crippen LogP contribution in [0.3, 0.4) is 0 Å². The lowest BCUT2D eigenvalue weighted by Gasteiger charge is -2.36. The number of carbonyl (C=O) groups excluding carboxylic acids is 1. The molecular weight excluding hydrogens is 333 g/mol. The van der Waals surface area contributed by atoms with Crippen LogP contribution in [0.25, 0.3) is 0 Å². The Morgan fingerprint density at radius 1 is 1.23 bits per heavy atom. The molecule has 1 aromatic heterocycles. The van der Waals surface area contributed by atoms with Crippen molar-refractivity contribution in [2.45, 2.75) is 25.0 Å². The Kier molecular flexibility index (Phi) is 5.83. The van der Waals surface area contributed by atoms with Crippen LogP contribution in [0.15, 0.2) is 48.8 Å². The van der Waals surface area contributed by atoms with E-state index in [0.29, 0.717) is 18.7 Å². The third kappa shape index (κ3) is 4.38. The molecule has 2 heterocycles. The number of ether oxygens (including phenoxy) is 1. The molecule has 1 fully saturated rings. The van der Waals surface area contributed by atoms with Gasteiger partial charge in [-0.25, -0.2) is 4.39 Å². The molecular formula is C20H24FN3O2. The molecule has 1 atom stereocenters. The molecule has 3 rings (SSSR count). The highest BCUT2D eigenvalue weighted by Gasteiger charge is 2.31. The highest BCUT2D eigenvalue weighted by Crippen LogP contribution is 2.25. The first-order valence-electron chi connectivity index (χ1n) is 8.82. The summed E-state index contributed by atoms with van der Waals surface area (Å²) in [5.41, 5.74) is 0.676. The first kappa shape index (κ1) is 18.3. The van der Waals surface area contributed by atoms with Gasteiger partial charge in [-0.1, -0.05) is 12.1 Å². The van der Waals surface area contributed by atoms with Crippen molar-refractivity contribution in [2.75, 3.05) is 27.2 Å². The summed E-state index contributed by atoms with van der Waals surface area (Å²) in [7, 11) is 3.68. The topological polar surface area (TPSA) is 45.7 Å². The maximum atomic E-state index is 13.6. The van der Waals surface area contributed by atoms with Crippen molar-refractivity contribution in [1.29, 1.82) is 0 Å². The van der Waals surface area contributed by atoms with E-state index in [1.165, 1.54) is 12.1 Å². The highest BCUT2D eigenvalue weighted by molar-refractivity contribution is 5.83. The van der Waals surface area contributed by atoms with Crippen LogP contribution >= 0.6 is 0 Å². The number of hydrogen-bond acceptors (Lipinski definition) is 4. The average Bonchev–Trinajstić information content (AvgIpc) is 2.63. The SMILES string of the molecule is CN(C)[C@@H](C(=O)N1CCC(Oc2ccncc2)CC1)c1cccc(F)c1. The second kappa shape index (κ2) is 8.27. The Morgan fingerprint density at radius 3 is 2.54 bits per heavy atom. The van der Waals surface area contributed by atoms with E-state index in [-0.39, 0.29) is 17.8 Å². The summed E-state index contributed by atoms with van der Waals surface area (Å²) in [5, 5.41) is 0. The molecule has 0 bridgehead atoms. The maximum absolute atomic E-state index is 13.6. The molecule has 0 N–H and O–H groups in total. The van der Waals surface area contributed by atoms with Gasteiger partial charge in [0, 0.05) is 38.3 Å². The van der Waals surface area contributed by atoms with E-state index in [2.05, 4.69) is 4.98 Å². The highest BCUT2D eigenvalue weighted by atomic mass is 19.1. The van der Waals surface area contributed by atoms with Crippen molar-refractivity contribution in [3.8, 4) is 5.75 Å². The molecule has 1 saturated heterocycles. The number of pyridine rings is 1. The average molecular weight is 357 g/mol. The fraction of sp³-hybridized carbons (Fsp3) is 0.400. The molecule has 1 aromatic carbocycles. The van der Waals surface area contributed by atoms with Crippen LogP contribution in [-0.2, 0) is 4.79 Å². The van der Waals surface area contributed by atoms with Crippen molar-refractivity contribution >= 4 is 5.91 Å². The maximum Gasteiger partial charge on any atom is 0.244 e. The smallest absolute Gasteiger partial charge is 0.244 e. The minimum absolute atomic E-state index is 0.00274. The van der Waals surface area contributed by atoms with E-state index in [4.69, 9.17) is 4.74 Å². The molecule has 0 saturated carbocycles. The van der Waals surface area contributed by atoms with E-state index in [9.17, 15) is 9.18 Å². The molecule has 5 nitrogen and oxygen atoms in total. The Labute approximate surface area is 153 Å².